The van der Waals surface area contributed by atoms with E-state index in [4.69, 9.17) is 0 Å². The minimum Gasteiger partial charge on any atom is -0.418 e. The molecule has 0 bridgehead atoms. The molecule has 2 nitrogen and oxygen atoms in total. The van der Waals surface area contributed by atoms with Crippen LogP contribution in [-0.4, -0.2) is 18.0 Å². The summed E-state index contributed by atoms with van der Waals surface area (Å²) in [6, 6.07) is 0. The van der Waals surface area contributed by atoms with Crippen molar-refractivity contribution in [3.05, 3.63) is 18.7 Å². The summed E-state index contributed by atoms with van der Waals surface area (Å²) in [7, 11) is -4.23. The van der Waals surface area contributed by atoms with Gasteiger partial charge in [0.1, 0.15) is 12.4 Å². The van der Waals surface area contributed by atoms with Gasteiger partial charge in [-0.3, -0.25) is 0 Å². The van der Waals surface area contributed by atoms with Crippen molar-refractivity contribution in [3.63, 3.8) is 0 Å². The average molecular weight is 266 g/mol. The van der Waals surface area contributed by atoms with Crippen LogP contribution in [0.5, 0.6) is 0 Å². The van der Waals surface area contributed by atoms with E-state index < -0.39 is 19.9 Å². The van der Waals surface area contributed by atoms with E-state index >= 15 is 0 Å². The molecule has 100 valence electrons. The van der Waals surface area contributed by atoms with Gasteiger partial charge in [0.2, 0.25) is 6.33 Å². The van der Waals surface area contributed by atoms with Gasteiger partial charge in [-0.25, -0.2) is 9.13 Å². The molecule has 17 heavy (non-hydrogen) atoms. The summed E-state index contributed by atoms with van der Waals surface area (Å²) in [5.41, 5.74) is 0. The molecule has 0 amide bonds. The quantitative estimate of drug-likeness (QED) is 0.442. The lowest BCUT2D eigenvalue weighted by Gasteiger charge is -2.02. The standard InChI is InChI=1S/C7H10F3N2.BF4/c1-11-4-5-12(6-11)3-2-7(8,9)10;2-1(3,4)5/h4-6H,2-3H2,1H3;/q+1;-1. The van der Waals surface area contributed by atoms with Crippen LogP contribution in [0.25, 0.3) is 0 Å². The third kappa shape index (κ3) is 12.7. The molecule has 0 atom stereocenters. The first-order valence-electron chi connectivity index (χ1n) is 4.42. The van der Waals surface area contributed by atoms with Crippen LogP contribution >= 0.6 is 0 Å². The van der Waals surface area contributed by atoms with Crippen molar-refractivity contribution >= 4 is 7.25 Å². The number of alkyl halides is 3. The van der Waals surface area contributed by atoms with E-state index in [2.05, 4.69) is 0 Å². The number of aryl methyl sites for hydroxylation is 2. The second-order valence-electron chi connectivity index (χ2n) is 3.18. The number of hydrogen-bond donors (Lipinski definition) is 0. The zero-order valence-corrected chi connectivity index (χ0v) is 8.76. The number of aromatic nitrogens is 2. The van der Waals surface area contributed by atoms with Crippen molar-refractivity contribution in [2.75, 3.05) is 0 Å². The Morgan fingerprint density at radius 1 is 1.18 bits per heavy atom. The van der Waals surface area contributed by atoms with E-state index in [9.17, 15) is 30.4 Å². The second-order valence-corrected chi connectivity index (χ2v) is 3.18. The maximum atomic E-state index is 11.7. The SMILES string of the molecule is C[n+]1ccn(CCC(F)(F)F)c1.F[B-](F)(F)F. The molecule has 0 aromatic carbocycles. The molecule has 1 rings (SSSR count). The highest BCUT2D eigenvalue weighted by molar-refractivity contribution is 6.50. The normalized spacial score (nSPS) is 12.0. The Morgan fingerprint density at radius 2 is 1.65 bits per heavy atom. The molecule has 1 aromatic heterocycles. The Balaban J connectivity index is 0.000000437. The number of nitrogens with zero attached hydrogens (tertiary/aromatic N) is 2. The van der Waals surface area contributed by atoms with Crippen LogP contribution in [0.15, 0.2) is 18.7 Å². The van der Waals surface area contributed by atoms with Gasteiger partial charge in [0, 0.05) is 0 Å². The van der Waals surface area contributed by atoms with Crippen molar-refractivity contribution in [1.82, 2.24) is 4.57 Å². The minimum absolute atomic E-state index is 0.00958. The molecule has 0 fully saturated rings. The second kappa shape index (κ2) is 5.92. The number of hydrogen-bond acceptors (Lipinski definition) is 0. The van der Waals surface area contributed by atoms with Crippen LogP contribution in [0.4, 0.5) is 30.4 Å². The van der Waals surface area contributed by atoms with Crippen molar-refractivity contribution in [1.29, 1.82) is 0 Å². The fourth-order valence-electron chi connectivity index (χ4n) is 0.890. The first-order valence-corrected chi connectivity index (χ1v) is 4.42. The third-order valence-corrected chi connectivity index (χ3v) is 1.48. The largest absolute Gasteiger partial charge is 0.673 e. The Hall–Kier alpha value is -1.22. The van der Waals surface area contributed by atoms with E-state index in [1.54, 1.807) is 30.3 Å². The van der Waals surface area contributed by atoms with Crippen LogP contribution in [-0.2, 0) is 13.6 Å². The zero-order chi connectivity index (χ0) is 13.7. The van der Waals surface area contributed by atoms with Crippen LogP contribution in [0, 0.1) is 0 Å². The molecule has 0 N–H and O–H groups in total. The lowest BCUT2D eigenvalue weighted by molar-refractivity contribution is -0.671. The van der Waals surface area contributed by atoms with Gasteiger partial charge in [-0.05, 0) is 0 Å². The Labute approximate surface area is 92.8 Å². The number of rotatable bonds is 2. The van der Waals surface area contributed by atoms with E-state index in [-0.39, 0.29) is 6.54 Å². The molecule has 10 heteroatoms. The average Bonchev–Trinajstić information content (AvgIpc) is 2.43. The smallest absolute Gasteiger partial charge is 0.418 e. The molecule has 0 aliphatic rings. The molecular weight excluding hydrogens is 256 g/mol. The van der Waals surface area contributed by atoms with Gasteiger partial charge >= 0.3 is 13.4 Å². The lowest BCUT2D eigenvalue weighted by Crippen LogP contribution is -2.24. The lowest BCUT2D eigenvalue weighted by atomic mass is 10.3. The van der Waals surface area contributed by atoms with Crippen LogP contribution in [0.2, 0.25) is 0 Å². The molecule has 0 aliphatic carbocycles. The summed E-state index contributed by atoms with van der Waals surface area (Å²) in [5.74, 6) is 0. The molecule has 1 aromatic rings. The predicted octanol–water partition coefficient (Wildman–Crippen LogP) is 2.57. The van der Waals surface area contributed by atoms with E-state index in [1.807, 2.05) is 0 Å². The number of imidazole rings is 1. The summed E-state index contributed by atoms with van der Waals surface area (Å²) in [4.78, 5) is 0. The summed E-state index contributed by atoms with van der Waals surface area (Å²) in [6.07, 6.45) is 0.0956. The van der Waals surface area contributed by atoms with Gasteiger partial charge in [-0.2, -0.15) is 13.2 Å². The molecule has 0 unspecified atom stereocenters. The van der Waals surface area contributed by atoms with Gasteiger partial charge in [0.15, 0.2) is 0 Å². The maximum absolute atomic E-state index is 11.7. The van der Waals surface area contributed by atoms with Gasteiger partial charge in [-0.1, -0.05) is 0 Å². The summed E-state index contributed by atoms with van der Waals surface area (Å²) >= 11 is 0. The highest BCUT2D eigenvalue weighted by Gasteiger charge is 2.27. The minimum atomic E-state index is -6.00. The molecule has 0 aliphatic heterocycles. The van der Waals surface area contributed by atoms with E-state index in [1.165, 1.54) is 4.57 Å². The molecule has 0 radical (unpaired) electrons. The molecule has 0 saturated heterocycles. The third-order valence-electron chi connectivity index (χ3n) is 1.48. The Kier molecular flexibility index (Phi) is 5.50. The van der Waals surface area contributed by atoms with Crippen molar-refractivity contribution < 1.29 is 35.0 Å². The fraction of sp³-hybridized carbons (Fsp3) is 0.571. The van der Waals surface area contributed by atoms with Gasteiger partial charge in [0.25, 0.3) is 0 Å². The molecule has 1 heterocycles. The summed E-state index contributed by atoms with van der Waals surface area (Å²) < 4.78 is 77.4. The van der Waals surface area contributed by atoms with Crippen molar-refractivity contribution in [2.45, 2.75) is 19.1 Å². The van der Waals surface area contributed by atoms with Gasteiger partial charge in [0.05, 0.1) is 20.0 Å². The molecule has 0 saturated carbocycles. The van der Waals surface area contributed by atoms with Gasteiger partial charge < -0.3 is 17.3 Å². The highest BCUT2D eigenvalue weighted by Crippen LogP contribution is 2.19. The van der Waals surface area contributed by atoms with Crippen LogP contribution in [0.3, 0.4) is 0 Å². The highest BCUT2D eigenvalue weighted by atomic mass is 19.5. The Bertz CT molecular complexity index is 324. The molecule has 0 spiro atoms. The predicted molar refractivity (Wildman–Crippen MR) is 46.5 cm³/mol. The first-order chi connectivity index (χ1) is 7.47. The van der Waals surface area contributed by atoms with Crippen LogP contribution < -0.4 is 4.57 Å². The summed E-state index contributed by atoms with van der Waals surface area (Å²) in [6.45, 7) is -0.00958. The van der Waals surface area contributed by atoms with E-state index in [0.29, 0.717) is 0 Å². The topological polar surface area (TPSA) is 8.81 Å². The van der Waals surface area contributed by atoms with Crippen molar-refractivity contribution in [2.24, 2.45) is 7.05 Å². The summed E-state index contributed by atoms with van der Waals surface area (Å²) in [5, 5.41) is 0. The van der Waals surface area contributed by atoms with E-state index in [0.717, 1.165) is 0 Å². The first kappa shape index (κ1) is 15.8. The van der Waals surface area contributed by atoms with Crippen molar-refractivity contribution in [3.8, 4) is 0 Å². The number of halogens is 7. The monoisotopic (exact) mass is 266 g/mol. The zero-order valence-electron chi connectivity index (χ0n) is 8.76. The van der Waals surface area contributed by atoms with Crippen LogP contribution in [0.1, 0.15) is 6.42 Å². The fourth-order valence-corrected chi connectivity index (χ4v) is 0.890. The van der Waals surface area contributed by atoms with Gasteiger partial charge in [-0.15, -0.1) is 0 Å². The maximum Gasteiger partial charge on any atom is 0.673 e. The Morgan fingerprint density at radius 3 is 1.94 bits per heavy atom. The molecular formula is C7H10BF7N2.